The van der Waals surface area contributed by atoms with Gasteiger partial charge in [-0.2, -0.15) is 8.42 Å². The summed E-state index contributed by atoms with van der Waals surface area (Å²) in [6.45, 7) is 3.40. The predicted octanol–water partition coefficient (Wildman–Crippen LogP) is 4.39. The molecule has 0 bridgehead atoms. The molecule has 5 nitrogen and oxygen atoms in total. The van der Waals surface area contributed by atoms with E-state index in [0.29, 0.717) is 12.8 Å². The standard InChI is InChI=1S/C20H23ClO5S/c1-15(2)25-20(22)19(13-6-10-16-8-4-3-5-9-16)26-27(23,24)18-12-7-11-17(21)14-18/h3-5,7-9,11-12,14-15,19H,6,10,13H2,1-2H3/t19-/m1/s1. The molecule has 27 heavy (non-hydrogen) atoms. The third-order valence-electron chi connectivity index (χ3n) is 3.72. The van der Waals surface area contributed by atoms with Crippen molar-refractivity contribution in [1.29, 1.82) is 0 Å². The van der Waals surface area contributed by atoms with Crippen LogP contribution in [0.25, 0.3) is 0 Å². The Labute approximate surface area is 165 Å². The summed E-state index contributed by atoms with van der Waals surface area (Å²) >= 11 is 5.86. The van der Waals surface area contributed by atoms with Crippen LogP contribution in [0.15, 0.2) is 59.5 Å². The van der Waals surface area contributed by atoms with Crippen LogP contribution in [0.2, 0.25) is 5.02 Å². The zero-order valence-corrected chi connectivity index (χ0v) is 16.9. The van der Waals surface area contributed by atoms with Crippen molar-refractivity contribution in [2.75, 3.05) is 0 Å². The number of halogens is 1. The van der Waals surface area contributed by atoms with Gasteiger partial charge in [0, 0.05) is 5.02 Å². The van der Waals surface area contributed by atoms with Gasteiger partial charge in [-0.25, -0.2) is 4.79 Å². The van der Waals surface area contributed by atoms with E-state index in [1.165, 1.54) is 18.2 Å². The van der Waals surface area contributed by atoms with Crippen molar-refractivity contribution >= 4 is 27.7 Å². The van der Waals surface area contributed by atoms with Gasteiger partial charge in [-0.05, 0) is 56.9 Å². The molecule has 0 saturated carbocycles. The van der Waals surface area contributed by atoms with Gasteiger partial charge in [0.1, 0.15) is 0 Å². The highest BCUT2D eigenvalue weighted by molar-refractivity contribution is 7.86. The molecular formula is C20H23ClO5S. The second-order valence-electron chi connectivity index (χ2n) is 6.36. The van der Waals surface area contributed by atoms with E-state index in [1.807, 2.05) is 30.3 Å². The average Bonchev–Trinajstić information content (AvgIpc) is 2.61. The lowest BCUT2D eigenvalue weighted by molar-refractivity contribution is -0.156. The molecule has 2 rings (SSSR count). The van der Waals surface area contributed by atoms with Crippen molar-refractivity contribution in [2.45, 2.75) is 50.2 Å². The van der Waals surface area contributed by atoms with Gasteiger partial charge in [0.05, 0.1) is 11.0 Å². The Morgan fingerprint density at radius 1 is 1.07 bits per heavy atom. The molecule has 146 valence electrons. The third-order valence-corrected chi connectivity index (χ3v) is 5.27. The topological polar surface area (TPSA) is 69.7 Å². The Kier molecular flexibility index (Phi) is 7.83. The fraction of sp³-hybridized carbons (Fsp3) is 0.350. The van der Waals surface area contributed by atoms with Crippen LogP contribution in [0.3, 0.4) is 0 Å². The Morgan fingerprint density at radius 2 is 1.78 bits per heavy atom. The third kappa shape index (κ3) is 6.97. The molecule has 0 aliphatic heterocycles. The Balaban J connectivity index is 2.10. The largest absolute Gasteiger partial charge is 0.461 e. The lowest BCUT2D eigenvalue weighted by atomic mass is 10.1. The first-order valence-corrected chi connectivity index (χ1v) is 10.5. The smallest absolute Gasteiger partial charge is 0.337 e. The van der Waals surface area contributed by atoms with Gasteiger partial charge in [-0.1, -0.05) is 48.0 Å². The molecule has 7 heteroatoms. The zero-order valence-electron chi connectivity index (χ0n) is 15.3. The normalized spacial score (nSPS) is 12.7. The van der Waals surface area contributed by atoms with E-state index >= 15 is 0 Å². The SMILES string of the molecule is CC(C)OC(=O)[C@@H](CCCc1ccccc1)OS(=O)(=O)c1cccc(Cl)c1. The monoisotopic (exact) mass is 410 g/mol. The Morgan fingerprint density at radius 3 is 2.41 bits per heavy atom. The first-order valence-electron chi connectivity index (χ1n) is 8.71. The minimum atomic E-state index is -4.14. The highest BCUT2D eigenvalue weighted by atomic mass is 35.5. The molecule has 0 fully saturated rings. The second kappa shape index (κ2) is 9.88. The van der Waals surface area contributed by atoms with Crippen LogP contribution in [-0.4, -0.2) is 26.6 Å². The number of hydrogen-bond donors (Lipinski definition) is 0. The van der Waals surface area contributed by atoms with Crippen molar-refractivity contribution in [1.82, 2.24) is 0 Å². The van der Waals surface area contributed by atoms with E-state index in [-0.39, 0.29) is 22.4 Å². The summed E-state index contributed by atoms with van der Waals surface area (Å²) in [5.41, 5.74) is 1.10. The van der Waals surface area contributed by atoms with E-state index in [9.17, 15) is 13.2 Å². The maximum absolute atomic E-state index is 12.5. The first-order chi connectivity index (χ1) is 12.8. The fourth-order valence-electron chi connectivity index (χ4n) is 2.48. The van der Waals surface area contributed by atoms with Crippen LogP contribution >= 0.6 is 11.6 Å². The van der Waals surface area contributed by atoms with E-state index in [1.54, 1.807) is 19.9 Å². The summed E-state index contributed by atoms with van der Waals surface area (Å²) in [6, 6.07) is 15.5. The van der Waals surface area contributed by atoms with Crippen molar-refractivity contribution in [2.24, 2.45) is 0 Å². The molecule has 0 radical (unpaired) electrons. The number of carbonyl (C=O) groups excluding carboxylic acids is 1. The second-order valence-corrected chi connectivity index (χ2v) is 8.37. The van der Waals surface area contributed by atoms with Crippen LogP contribution in [0.5, 0.6) is 0 Å². The van der Waals surface area contributed by atoms with Gasteiger partial charge >= 0.3 is 5.97 Å². The number of aryl methyl sites for hydroxylation is 1. The molecule has 0 spiro atoms. The first kappa shape index (κ1) is 21.4. The maximum atomic E-state index is 12.5. The maximum Gasteiger partial charge on any atom is 0.337 e. The molecule has 0 aliphatic carbocycles. The van der Waals surface area contributed by atoms with Gasteiger partial charge < -0.3 is 4.74 Å². The minimum absolute atomic E-state index is 0.0968. The molecule has 0 N–H and O–H groups in total. The highest BCUT2D eigenvalue weighted by Gasteiger charge is 2.29. The van der Waals surface area contributed by atoms with Crippen molar-refractivity contribution < 1.29 is 22.1 Å². The van der Waals surface area contributed by atoms with Crippen molar-refractivity contribution in [3.05, 3.63) is 65.2 Å². The van der Waals surface area contributed by atoms with Gasteiger partial charge in [-0.15, -0.1) is 0 Å². The molecular weight excluding hydrogens is 388 g/mol. The molecule has 0 aliphatic rings. The lowest BCUT2D eigenvalue weighted by Gasteiger charge is -2.18. The van der Waals surface area contributed by atoms with E-state index in [4.69, 9.17) is 20.5 Å². The molecule has 2 aromatic rings. The summed E-state index contributed by atoms with van der Waals surface area (Å²) in [7, 11) is -4.14. The van der Waals surface area contributed by atoms with Crippen LogP contribution < -0.4 is 0 Å². The number of hydrogen-bond acceptors (Lipinski definition) is 5. The molecule has 0 saturated heterocycles. The zero-order chi connectivity index (χ0) is 19.9. The van der Waals surface area contributed by atoms with Gasteiger partial charge in [0.2, 0.25) is 0 Å². The highest BCUT2D eigenvalue weighted by Crippen LogP contribution is 2.21. The summed E-state index contributed by atoms with van der Waals surface area (Å²) in [5.74, 6) is -0.691. The van der Waals surface area contributed by atoms with Crippen LogP contribution in [0.4, 0.5) is 0 Å². The van der Waals surface area contributed by atoms with Gasteiger partial charge in [0.15, 0.2) is 6.10 Å². The van der Waals surface area contributed by atoms with Gasteiger partial charge in [-0.3, -0.25) is 4.18 Å². The molecule has 1 atom stereocenters. The van der Waals surface area contributed by atoms with Crippen molar-refractivity contribution in [3.8, 4) is 0 Å². The lowest BCUT2D eigenvalue weighted by Crippen LogP contribution is -2.31. The summed E-state index contributed by atoms with van der Waals surface area (Å²) < 4.78 is 35.4. The number of esters is 1. The van der Waals surface area contributed by atoms with Crippen LogP contribution in [0, 0.1) is 0 Å². The van der Waals surface area contributed by atoms with E-state index in [0.717, 1.165) is 5.56 Å². The molecule has 0 aromatic heterocycles. The summed E-state index contributed by atoms with van der Waals surface area (Å²) in [5, 5.41) is 0.269. The summed E-state index contributed by atoms with van der Waals surface area (Å²) in [6.07, 6.45) is -0.0771. The number of ether oxygens (including phenoxy) is 1. The fourth-order valence-corrected chi connectivity index (χ4v) is 3.84. The minimum Gasteiger partial charge on any atom is -0.461 e. The Hall–Kier alpha value is -1.89. The van der Waals surface area contributed by atoms with Crippen molar-refractivity contribution in [3.63, 3.8) is 0 Å². The van der Waals surface area contributed by atoms with E-state index < -0.39 is 22.2 Å². The number of carbonyl (C=O) groups is 1. The molecule has 2 aromatic carbocycles. The number of benzene rings is 2. The van der Waals surface area contributed by atoms with Crippen LogP contribution in [0.1, 0.15) is 32.3 Å². The number of rotatable bonds is 9. The molecule has 0 heterocycles. The van der Waals surface area contributed by atoms with Gasteiger partial charge in [0.25, 0.3) is 10.1 Å². The quantitative estimate of drug-likeness (QED) is 0.453. The van der Waals surface area contributed by atoms with Crippen LogP contribution in [-0.2, 0) is 30.3 Å². The molecule has 0 amide bonds. The Bertz CT molecular complexity index is 850. The summed E-state index contributed by atoms with van der Waals surface area (Å²) in [4.78, 5) is 12.2. The predicted molar refractivity (Wildman–Crippen MR) is 104 cm³/mol. The van der Waals surface area contributed by atoms with E-state index in [2.05, 4.69) is 0 Å². The average molecular weight is 411 g/mol. The molecule has 0 unspecified atom stereocenters.